The van der Waals surface area contributed by atoms with Crippen molar-refractivity contribution >= 4 is 27.9 Å². The number of allylic oxidation sites excluding steroid dienone is 1. The van der Waals surface area contributed by atoms with E-state index in [-0.39, 0.29) is 23.0 Å². The fourth-order valence-corrected chi connectivity index (χ4v) is 3.95. The molecular formula is C23H23NO6S. The molecule has 1 aliphatic rings. The summed E-state index contributed by atoms with van der Waals surface area (Å²) < 4.78 is 37.0. The second-order valence-electron chi connectivity index (χ2n) is 6.90. The fourth-order valence-electron chi connectivity index (χ4n) is 2.98. The molecule has 8 heteroatoms. The van der Waals surface area contributed by atoms with Gasteiger partial charge in [0.1, 0.15) is 4.90 Å². The van der Waals surface area contributed by atoms with Crippen LogP contribution in [0.2, 0.25) is 0 Å². The van der Waals surface area contributed by atoms with Crippen molar-refractivity contribution in [3.8, 4) is 11.5 Å². The van der Waals surface area contributed by atoms with Gasteiger partial charge in [0.25, 0.3) is 0 Å². The van der Waals surface area contributed by atoms with Gasteiger partial charge in [0.15, 0.2) is 11.5 Å². The van der Waals surface area contributed by atoms with Gasteiger partial charge in [-0.05, 0) is 63.1 Å². The highest BCUT2D eigenvalue weighted by molar-refractivity contribution is 7.87. The summed E-state index contributed by atoms with van der Waals surface area (Å²) in [6.45, 7) is 9.34. The maximum Gasteiger partial charge on any atom is 0.367 e. The second-order valence-corrected chi connectivity index (χ2v) is 8.44. The molecule has 0 saturated heterocycles. The Bertz CT molecular complexity index is 1180. The summed E-state index contributed by atoms with van der Waals surface area (Å²) in [5, 5.41) is 3.67. The van der Waals surface area contributed by atoms with E-state index in [0.29, 0.717) is 28.8 Å². The van der Waals surface area contributed by atoms with Gasteiger partial charge in [-0.3, -0.25) is 0 Å². The number of rotatable bonds is 8. The van der Waals surface area contributed by atoms with Crippen LogP contribution in [-0.4, -0.2) is 26.7 Å². The molecule has 7 nitrogen and oxygen atoms in total. The first-order valence-electron chi connectivity index (χ1n) is 9.65. The normalized spacial score (nSPS) is 14.9. The molecule has 0 fully saturated rings. The lowest BCUT2D eigenvalue weighted by Crippen LogP contribution is -2.12. The molecule has 0 atom stereocenters. The van der Waals surface area contributed by atoms with Crippen LogP contribution in [0.5, 0.6) is 11.5 Å². The molecule has 1 aliphatic heterocycles. The molecular weight excluding hydrogens is 418 g/mol. The molecule has 0 N–H and O–H groups in total. The maximum atomic E-state index is 12.9. The molecule has 0 saturated carbocycles. The molecule has 31 heavy (non-hydrogen) atoms. The van der Waals surface area contributed by atoms with Gasteiger partial charge in [0.2, 0.25) is 0 Å². The predicted octanol–water partition coefficient (Wildman–Crippen LogP) is 4.21. The molecule has 2 aromatic rings. The zero-order chi connectivity index (χ0) is 22.6. The third-order valence-corrected chi connectivity index (χ3v) is 5.74. The van der Waals surface area contributed by atoms with E-state index in [9.17, 15) is 13.2 Å². The SMILES string of the molecule is C=CCc1cc(/C=C2\C(=O)ON=C2C)cc(OCC)c1OS(=O)(=O)c1ccc(C)cc1. The average Bonchev–Trinajstić information content (AvgIpc) is 3.03. The van der Waals surface area contributed by atoms with Crippen molar-refractivity contribution in [1.29, 1.82) is 0 Å². The van der Waals surface area contributed by atoms with Gasteiger partial charge < -0.3 is 13.8 Å². The highest BCUT2D eigenvalue weighted by Crippen LogP contribution is 2.37. The van der Waals surface area contributed by atoms with E-state index >= 15 is 0 Å². The van der Waals surface area contributed by atoms with Gasteiger partial charge in [0, 0.05) is 5.56 Å². The summed E-state index contributed by atoms with van der Waals surface area (Å²) >= 11 is 0. The number of carbonyl (C=O) groups excluding carboxylic acids is 1. The molecule has 0 spiro atoms. The third kappa shape index (κ3) is 5.03. The number of benzene rings is 2. The highest BCUT2D eigenvalue weighted by atomic mass is 32.2. The van der Waals surface area contributed by atoms with Crippen LogP contribution in [0.1, 0.15) is 30.5 Å². The van der Waals surface area contributed by atoms with Crippen LogP contribution in [0.15, 0.2) is 64.7 Å². The highest BCUT2D eigenvalue weighted by Gasteiger charge is 2.25. The predicted molar refractivity (Wildman–Crippen MR) is 118 cm³/mol. The van der Waals surface area contributed by atoms with Gasteiger partial charge in [-0.2, -0.15) is 8.42 Å². The Morgan fingerprint density at radius 2 is 1.87 bits per heavy atom. The Morgan fingerprint density at radius 3 is 2.45 bits per heavy atom. The van der Waals surface area contributed by atoms with Crippen molar-refractivity contribution in [3.05, 3.63) is 71.3 Å². The average molecular weight is 442 g/mol. The third-order valence-electron chi connectivity index (χ3n) is 4.51. The smallest absolute Gasteiger partial charge is 0.367 e. The summed E-state index contributed by atoms with van der Waals surface area (Å²) in [7, 11) is -4.09. The van der Waals surface area contributed by atoms with Crippen LogP contribution in [0.4, 0.5) is 0 Å². The van der Waals surface area contributed by atoms with Gasteiger partial charge in [-0.1, -0.05) is 28.9 Å². The quantitative estimate of drug-likeness (QED) is 0.264. The summed E-state index contributed by atoms with van der Waals surface area (Å²) in [4.78, 5) is 16.6. The Labute approximate surface area is 181 Å². The Hall–Kier alpha value is -3.39. The van der Waals surface area contributed by atoms with E-state index in [1.807, 2.05) is 6.92 Å². The van der Waals surface area contributed by atoms with Gasteiger partial charge in [0.05, 0.1) is 17.9 Å². The molecule has 0 aromatic heterocycles. The standard InChI is InChI=1S/C23H23NO6S/c1-5-7-18-12-17(13-20-16(4)24-29-23(20)25)14-21(28-6-2)22(18)30-31(26,27)19-10-8-15(3)9-11-19/h5,8-14H,1,6-7H2,2-4H3/b20-13-. The first-order valence-corrected chi connectivity index (χ1v) is 11.1. The second kappa shape index (κ2) is 9.18. The molecule has 0 radical (unpaired) electrons. The first kappa shape index (κ1) is 22.3. The number of nitrogens with zero attached hydrogens (tertiary/aromatic N) is 1. The van der Waals surface area contributed by atoms with Crippen LogP contribution in [0.3, 0.4) is 0 Å². The van der Waals surface area contributed by atoms with E-state index in [1.54, 1.807) is 50.3 Å². The minimum absolute atomic E-state index is 0.0387. The lowest BCUT2D eigenvalue weighted by atomic mass is 10.0. The monoisotopic (exact) mass is 441 g/mol. The zero-order valence-electron chi connectivity index (χ0n) is 17.5. The number of carbonyl (C=O) groups is 1. The van der Waals surface area contributed by atoms with E-state index in [0.717, 1.165) is 5.56 Å². The van der Waals surface area contributed by atoms with Crippen LogP contribution >= 0.6 is 0 Å². The van der Waals surface area contributed by atoms with Crippen LogP contribution in [0.25, 0.3) is 6.08 Å². The molecule has 0 unspecified atom stereocenters. The van der Waals surface area contributed by atoms with E-state index in [4.69, 9.17) is 8.92 Å². The largest absolute Gasteiger partial charge is 0.490 e. The number of hydrogen-bond acceptors (Lipinski definition) is 7. The van der Waals surface area contributed by atoms with E-state index in [2.05, 4.69) is 16.6 Å². The number of oxime groups is 1. The van der Waals surface area contributed by atoms with Gasteiger partial charge in [-0.15, -0.1) is 6.58 Å². The summed E-state index contributed by atoms with van der Waals surface area (Å²) in [5.41, 5.74) is 2.86. The number of ether oxygens (including phenoxy) is 1. The minimum atomic E-state index is -4.09. The molecule has 0 bridgehead atoms. The molecule has 3 rings (SSSR count). The van der Waals surface area contributed by atoms with Gasteiger partial charge >= 0.3 is 16.1 Å². The molecule has 0 amide bonds. The Morgan fingerprint density at radius 1 is 1.16 bits per heavy atom. The molecule has 2 aromatic carbocycles. The first-order chi connectivity index (χ1) is 14.7. The van der Waals surface area contributed by atoms with Crippen molar-refractivity contribution in [2.75, 3.05) is 6.61 Å². The Kier molecular flexibility index (Phi) is 6.60. The topological polar surface area (TPSA) is 91.3 Å². The number of hydrogen-bond donors (Lipinski definition) is 0. The van der Waals surface area contributed by atoms with Crippen LogP contribution in [0, 0.1) is 6.92 Å². The van der Waals surface area contributed by atoms with Gasteiger partial charge in [-0.25, -0.2) is 4.79 Å². The van der Waals surface area contributed by atoms with E-state index in [1.165, 1.54) is 12.1 Å². The summed E-state index contributed by atoms with van der Waals surface area (Å²) in [6.07, 6.45) is 3.57. The Balaban J connectivity index is 2.09. The van der Waals surface area contributed by atoms with Crippen molar-refractivity contribution in [2.24, 2.45) is 5.16 Å². The minimum Gasteiger partial charge on any atom is -0.490 e. The van der Waals surface area contributed by atoms with Crippen molar-refractivity contribution < 1.29 is 27.0 Å². The maximum absolute atomic E-state index is 12.9. The van der Waals surface area contributed by atoms with Crippen molar-refractivity contribution in [1.82, 2.24) is 0 Å². The van der Waals surface area contributed by atoms with E-state index < -0.39 is 16.1 Å². The summed E-state index contributed by atoms with van der Waals surface area (Å²) in [6, 6.07) is 9.71. The van der Waals surface area contributed by atoms with Crippen molar-refractivity contribution in [2.45, 2.75) is 32.1 Å². The summed E-state index contributed by atoms with van der Waals surface area (Å²) in [5.74, 6) is -0.225. The lowest BCUT2D eigenvalue weighted by Gasteiger charge is -2.16. The number of aryl methyl sites for hydroxylation is 1. The lowest BCUT2D eigenvalue weighted by molar-refractivity contribution is -0.136. The molecule has 162 valence electrons. The van der Waals surface area contributed by atoms with Crippen molar-refractivity contribution in [3.63, 3.8) is 0 Å². The fraction of sp³-hybridized carbons (Fsp3) is 0.217. The zero-order valence-corrected chi connectivity index (χ0v) is 18.4. The van der Waals surface area contributed by atoms with Crippen LogP contribution < -0.4 is 8.92 Å². The van der Waals surface area contributed by atoms with Crippen LogP contribution in [-0.2, 0) is 26.2 Å². The molecule has 1 heterocycles. The molecule has 0 aliphatic carbocycles.